The largest absolute Gasteiger partial charge is 0.344 e. The van der Waals surface area contributed by atoms with Crippen molar-refractivity contribution in [1.29, 1.82) is 0 Å². The first-order valence-electron chi connectivity index (χ1n) is 9.88. The molecule has 0 unspecified atom stereocenters. The number of nitrogens with one attached hydrogen (secondary N) is 2. The number of carbonyl (C=O) groups is 2. The molecule has 142 valence electrons. The van der Waals surface area contributed by atoms with Crippen LogP contribution in [0.4, 0.5) is 5.13 Å². The molecule has 2 N–H and O–H groups in total. The highest BCUT2D eigenvalue weighted by molar-refractivity contribution is 7.14. The fraction of sp³-hybridized carbons (Fsp3) is 0.750. The lowest BCUT2D eigenvalue weighted by Crippen LogP contribution is -2.48. The van der Waals surface area contributed by atoms with Crippen molar-refractivity contribution in [3.8, 4) is 0 Å². The molecule has 1 atom stereocenters. The van der Waals surface area contributed by atoms with Gasteiger partial charge in [0.1, 0.15) is 6.04 Å². The molecule has 0 saturated heterocycles. The summed E-state index contributed by atoms with van der Waals surface area (Å²) in [4.78, 5) is 28.8. The number of rotatable bonds is 5. The fourth-order valence-corrected chi connectivity index (χ4v) is 6.77. The summed E-state index contributed by atoms with van der Waals surface area (Å²) in [5.74, 6) is 2.30. The molecule has 4 aliphatic carbocycles. The van der Waals surface area contributed by atoms with E-state index in [1.165, 1.54) is 62.5 Å². The number of thiazole rings is 1. The first-order valence-corrected chi connectivity index (χ1v) is 10.8. The molecule has 4 aliphatic rings. The van der Waals surface area contributed by atoms with Crippen molar-refractivity contribution < 1.29 is 9.59 Å². The van der Waals surface area contributed by atoms with Crippen LogP contribution in [0.15, 0.2) is 5.38 Å². The number of carbonyl (C=O) groups excluding carboxylic acids is 2. The van der Waals surface area contributed by atoms with Gasteiger partial charge in [-0.25, -0.2) is 4.98 Å². The quantitative estimate of drug-likeness (QED) is 0.824. The topological polar surface area (TPSA) is 71.1 Å². The van der Waals surface area contributed by atoms with Crippen molar-refractivity contribution >= 4 is 28.3 Å². The molecule has 0 radical (unpaired) electrons. The highest BCUT2D eigenvalue weighted by atomic mass is 32.1. The molecule has 0 aliphatic heterocycles. The molecular formula is C20H29N3O2S. The van der Waals surface area contributed by atoms with Crippen LogP contribution in [0.2, 0.25) is 0 Å². The van der Waals surface area contributed by atoms with Gasteiger partial charge in [0.2, 0.25) is 11.8 Å². The van der Waals surface area contributed by atoms with E-state index in [4.69, 9.17) is 4.98 Å². The van der Waals surface area contributed by atoms with E-state index >= 15 is 0 Å². The van der Waals surface area contributed by atoms with Crippen LogP contribution >= 0.6 is 11.3 Å². The van der Waals surface area contributed by atoms with Gasteiger partial charge >= 0.3 is 0 Å². The minimum atomic E-state index is -0.528. The highest BCUT2D eigenvalue weighted by Crippen LogP contribution is 2.60. The van der Waals surface area contributed by atoms with E-state index in [0.29, 0.717) is 5.13 Å². The Labute approximate surface area is 159 Å². The summed E-state index contributed by atoms with van der Waals surface area (Å²) >= 11 is 1.52. The van der Waals surface area contributed by atoms with Gasteiger partial charge in [0.05, 0.1) is 5.69 Å². The molecule has 2 amide bonds. The summed E-state index contributed by atoms with van der Waals surface area (Å²) in [5.41, 5.74) is 1.45. The van der Waals surface area contributed by atoms with Crippen LogP contribution in [0.1, 0.15) is 65.0 Å². The van der Waals surface area contributed by atoms with Gasteiger partial charge in [0.25, 0.3) is 0 Å². The predicted octanol–water partition coefficient (Wildman–Crippen LogP) is 3.71. The second-order valence-corrected chi connectivity index (χ2v) is 10.0. The molecule has 0 aromatic carbocycles. The second-order valence-electron chi connectivity index (χ2n) is 9.15. The van der Waals surface area contributed by atoms with Crippen LogP contribution in [0.25, 0.3) is 0 Å². The lowest BCUT2D eigenvalue weighted by Gasteiger charge is -2.56. The second kappa shape index (κ2) is 6.63. The van der Waals surface area contributed by atoms with Crippen LogP contribution in [0.5, 0.6) is 0 Å². The number of aromatic nitrogens is 1. The Hall–Kier alpha value is -1.43. The zero-order chi connectivity index (χ0) is 18.5. The van der Waals surface area contributed by atoms with Gasteiger partial charge in [0, 0.05) is 17.7 Å². The lowest BCUT2D eigenvalue weighted by atomic mass is 9.49. The maximum absolute atomic E-state index is 12.6. The lowest BCUT2D eigenvalue weighted by molar-refractivity contribution is -0.126. The molecule has 6 heteroatoms. The molecule has 4 saturated carbocycles. The van der Waals surface area contributed by atoms with Gasteiger partial charge in [-0.05, 0) is 62.2 Å². The van der Waals surface area contributed by atoms with E-state index in [9.17, 15) is 9.59 Å². The maximum atomic E-state index is 12.6. The van der Waals surface area contributed by atoms with Gasteiger partial charge in [-0.3, -0.25) is 9.59 Å². The van der Waals surface area contributed by atoms with Crippen molar-refractivity contribution in [1.82, 2.24) is 10.3 Å². The summed E-state index contributed by atoms with van der Waals surface area (Å²) in [6, 6.07) is -0.528. The average Bonchev–Trinajstić information content (AvgIpc) is 3.00. The molecule has 4 bridgehead atoms. The van der Waals surface area contributed by atoms with Crippen LogP contribution in [0, 0.1) is 23.7 Å². The Balaban J connectivity index is 1.48. The Morgan fingerprint density at radius 3 is 2.23 bits per heavy atom. The molecule has 0 spiro atoms. The van der Waals surface area contributed by atoms with Crippen LogP contribution in [-0.2, 0) is 15.0 Å². The molecule has 1 heterocycles. The predicted molar refractivity (Wildman–Crippen MR) is 103 cm³/mol. The van der Waals surface area contributed by atoms with Gasteiger partial charge in [0.15, 0.2) is 5.13 Å². The number of anilines is 1. The normalized spacial score (nSPS) is 33.3. The van der Waals surface area contributed by atoms with E-state index in [0.717, 1.165) is 17.8 Å². The van der Waals surface area contributed by atoms with Crippen molar-refractivity contribution in [2.24, 2.45) is 23.7 Å². The minimum absolute atomic E-state index is 0.0292. The first kappa shape index (κ1) is 18.0. The monoisotopic (exact) mass is 375 g/mol. The Bertz CT molecular complexity index is 676. The van der Waals surface area contributed by atoms with E-state index in [2.05, 4.69) is 16.0 Å². The van der Waals surface area contributed by atoms with Gasteiger partial charge < -0.3 is 10.6 Å². The average molecular weight is 376 g/mol. The summed E-state index contributed by atoms with van der Waals surface area (Å²) in [7, 11) is 0. The standard InChI is InChI=1S/C20H29N3O2S/c1-11(2)17(21-12(3)24)18(25)23-19-22-16(10-26-19)20-7-13-4-14(8-20)6-15(5-13)9-20/h10-11,13-15,17H,4-9H2,1-3H3,(H,21,24)(H,22,23,25)/t13?,14?,15?,17-,20?/m1/s1. The summed E-state index contributed by atoms with van der Waals surface area (Å²) in [6.07, 6.45) is 8.07. The van der Waals surface area contributed by atoms with Gasteiger partial charge in [-0.1, -0.05) is 13.8 Å². The smallest absolute Gasteiger partial charge is 0.248 e. The number of hydrogen-bond donors (Lipinski definition) is 2. The Morgan fingerprint density at radius 2 is 1.73 bits per heavy atom. The van der Waals surface area contributed by atoms with E-state index in [1.54, 1.807) is 0 Å². The summed E-state index contributed by atoms with van der Waals surface area (Å²) in [6.45, 7) is 5.31. The maximum Gasteiger partial charge on any atom is 0.248 e. The number of amides is 2. The Kier molecular flexibility index (Phi) is 4.58. The summed E-state index contributed by atoms with van der Waals surface area (Å²) < 4.78 is 0. The number of nitrogens with zero attached hydrogens (tertiary/aromatic N) is 1. The Morgan fingerprint density at radius 1 is 1.15 bits per heavy atom. The van der Waals surface area contributed by atoms with Crippen molar-refractivity contribution in [3.05, 3.63) is 11.1 Å². The SMILES string of the molecule is CC(=O)N[C@@H](C(=O)Nc1nc(C23CC4CC(CC(C4)C2)C3)cs1)C(C)C. The zero-order valence-corrected chi connectivity index (χ0v) is 16.7. The zero-order valence-electron chi connectivity index (χ0n) is 15.9. The van der Waals surface area contributed by atoms with E-state index < -0.39 is 6.04 Å². The molecule has 5 nitrogen and oxygen atoms in total. The van der Waals surface area contributed by atoms with Crippen molar-refractivity contribution in [3.63, 3.8) is 0 Å². The van der Waals surface area contributed by atoms with E-state index in [1.807, 2.05) is 13.8 Å². The number of hydrogen-bond acceptors (Lipinski definition) is 4. The highest BCUT2D eigenvalue weighted by Gasteiger charge is 2.52. The van der Waals surface area contributed by atoms with Gasteiger partial charge in [-0.15, -0.1) is 11.3 Å². The van der Waals surface area contributed by atoms with Crippen LogP contribution < -0.4 is 10.6 Å². The van der Waals surface area contributed by atoms with Crippen molar-refractivity contribution in [2.75, 3.05) is 5.32 Å². The third-order valence-corrected chi connectivity index (χ3v) is 7.38. The summed E-state index contributed by atoms with van der Waals surface area (Å²) in [5, 5.41) is 8.50. The molecule has 1 aromatic rings. The third-order valence-electron chi connectivity index (χ3n) is 6.62. The van der Waals surface area contributed by atoms with Crippen molar-refractivity contribution in [2.45, 2.75) is 70.8 Å². The third kappa shape index (κ3) is 3.28. The molecule has 4 fully saturated rings. The molecule has 26 heavy (non-hydrogen) atoms. The molecular weight excluding hydrogens is 346 g/mol. The van der Waals surface area contributed by atoms with Crippen LogP contribution in [-0.4, -0.2) is 22.8 Å². The van der Waals surface area contributed by atoms with E-state index in [-0.39, 0.29) is 23.1 Å². The fourth-order valence-electron chi connectivity index (χ4n) is 5.94. The molecule has 5 rings (SSSR count). The van der Waals surface area contributed by atoms with Crippen LogP contribution in [0.3, 0.4) is 0 Å². The first-order chi connectivity index (χ1) is 12.3. The minimum Gasteiger partial charge on any atom is -0.344 e. The van der Waals surface area contributed by atoms with Gasteiger partial charge in [-0.2, -0.15) is 0 Å². The molecule has 1 aromatic heterocycles.